The molecule has 2 aromatic heterocycles. The van der Waals surface area contributed by atoms with E-state index in [1.165, 1.54) is 5.39 Å². The molecule has 0 atom stereocenters. The summed E-state index contributed by atoms with van der Waals surface area (Å²) in [6.07, 6.45) is 5.34. The molecule has 1 N–H and O–H groups in total. The van der Waals surface area contributed by atoms with Gasteiger partial charge in [-0.15, -0.1) is 12.4 Å². The predicted octanol–water partition coefficient (Wildman–Crippen LogP) is 3.37. The van der Waals surface area contributed by atoms with Crippen molar-refractivity contribution in [2.24, 2.45) is 0 Å². The zero-order chi connectivity index (χ0) is 11.2. The fourth-order valence-electron chi connectivity index (χ4n) is 1.36. The highest BCUT2D eigenvalue weighted by Gasteiger charge is 1.86. The number of benzene rings is 1. The molecule has 0 aliphatic rings. The number of hydrogen-bond acceptors (Lipinski definition) is 2. The van der Waals surface area contributed by atoms with E-state index in [1.54, 1.807) is 12.4 Å². The van der Waals surface area contributed by atoms with Crippen molar-refractivity contribution >= 4 is 23.3 Å². The van der Waals surface area contributed by atoms with Crippen molar-refractivity contribution in [3.05, 3.63) is 60.8 Å². The van der Waals surface area contributed by atoms with E-state index in [0.29, 0.717) is 0 Å². The van der Waals surface area contributed by atoms with E-state index < -0.39 is 0 Å². The number of aryl methyl sites for hydroxylation is 1. The second kappa shape index (κ2) is 6.66. The Balaban J connectivity index is 0.000000180. The van der Waals surface area contributed by atoms with Crippen molar-refractivity contribution < 1.29 is 0 Å². The molecule has 0 bridgehead atoms. The maximum absolute atomic E-state index is 4.18. The molecule has 0 spiro atoms. The maximum Gasteiger partial charge on any atom is 0.102 e. The molecule has 0 saturated heterocycles. The Bertz CT molecular complexity index is 484. The minimum Gasteiger partial charge on any atom is -0.349 e. The van der Waals surface area contributed by atoms with Crippen LogP contribution in [0.2, 0.25) is 0 Å². The summed E-state index contributed by atoms with van der Waals surface area (Å²) in [5.74, 6) is 0.968. The Hall–Kier alpha value is -1.87. The average Bonchev–Trinajstić information content (AvgIpc) is 2.81. The zero-order valence-electron chi connectivity index (χ0n) is 9.50. The van der Waals surface area contributed by atoms with E-state index in [1.807, 2.05) is 37.4 Å². The molecule has 1 aromatic carbocycles. The summed E-state index contributed by atoms with van der Waals surface area (Å²) in [6.45, 7) is 1.92. The third-order valence-corrected chi connectivity index (χ3v) is 2.15. The smallest absolute Gasteiger partial charge is 0.102 e. The molecule has 0 saturated carbocycles. The molecule has 3 nitrogen and oxygen atoms in total. The molecule has 0 radical (unpaired) electrons. The standard InChI is InChI=1S/C9H7N.C4H6N2.ClH/c1-2-6-9-8(4-1)5-3-7-10-9;1-4-5-2-3-6-4;/h1-7H;2-3H,1H3,(H,5,6);1H. The molecular formula is C13H14ClN3. The molecule has 88 valence electrons. The average molecular weight is 248 g/mol. The molecule has 0 aliphatic carbocycles. The number of fused-ring (bicyclic) bond motifs is 1. The number of imidazole rings is 1. The monoisotopic (exact) mass is 247 g/mol. The minimum atomic E-state index is 0. The van der Waals surface area contributed by atoms with Crippen LogP contribution in [0.15, 0.2) is 55.0 Å². The topological polar surface area (TPSA) is 41.6 Å². The van der Waals surface area contributed by atoms with Gasteiger partial charge in [-0.2, -0.15) is 0 Å². The van der Waals surface area contributed by atoms with Gasteiger partial charge in [-0.1, -0.05) is 24.3 Å². The van der Waals surface area contributed by atoms with Gasteiger partial charge in [0.05, 0.1) is 5.52 Å². The molecule has 3 rings (SSSR count). The summed E-state index contributed by atoms with van der Waals surface area (Å²) < 4.78 is 0. The van der Waals surface area contributed by atoms with Crippen LogP contribution >= 0.6 is 12.4 Å². The van der Waals surface area contributed by atoms with Crippen LogP contribution in [0.5, 0.6) is 0 Å². The van der Waals surface area contributed by atoms with Crippen molar-refractivity contribution in [3.63, 3.8) is 0 Å². The second-order valence-electron chi connectivity index (χ2n) is 3.37. The number of pyridine rings is 1. The van der Waals surface area contributed by atoms with Gasteiger partial charge in [0.15, 0.2) is 0 Å². The quantitative estimate of drug-likeness (QED) is 0.662. The molecule has 3 aromatic rings. The first-order chi connectivity index (χ1) is 7.86. The third-order valence-electron chi connectivity index (χ3n) is 2.15. The Morgan fingerprint density at radius 1 is 0.941 bits per heavy atom. The van der Waals surface area contributed by atoms with Crippen LogP contribution in [0.4, 0.5) is 0 Å². The Morgan fingerprint density at radius 3 is 2.29 bits per heavy atom. The van der Waals surface area contributed by atoms with Crippen molar-refractivity contribution in [2.75, 3.05) is 0 Å². The van der Waals surface area contributed by atoms with E-state index in [2.05, 4.69) is 27.1 Å². The van der Waals surface area contributed by atoms with Gasteiger partial charge >= 0.3 is 0 Å². The van der Waals surface area contributed by atoms with Crippen molar-refractivity contribution in [1.82, 2.24) is 15.0 Å². The van der Waals surface area contributed by atoms with Crippen LogP contribution in [0.25, 0.3) is 10.9 Å². The number of rotatable bonds is 0. The summed E-state index contributed by atoms with van der Waals surface area (Å²) in [7, 11) is 0. The number of hydrogen-bond donors (Lipinski definition) is 1. The highest BCUT2D eigenvalue weighted by molar-refractivity contribution is 5.85. The van der Waals surface area contributed by atoms with Gasteiger partial charge in [0, 0.05) is 24.0 Å². The molecule has 0 unspecified atom stereocenters. The summed E-state index contributed by atoms with van der Waals surface area (Å²) in [4.78, 5) is 10.9. The number of nitrogens with one attached hydrogen (secondary N) is 1. The van der Waals surface area contributed by atoms with Gasteiger partial charge in [-0.3, -0.25) is 4.98 Å². The van der Waals surface area contributed by atoms with Gasteiger partial charge in [-0.05, 0) is 19.1 Å². The number of aromatic nitrogens is 3. The molecule has 0 fully saturated rings. The largest absolute Gasteiger partial charge is 0.349 e. The van der Waals surface area contributed by atoms with Crippen LogP contribution in [0, 0.1) is 6.92 Å². The van der Waals surface area contributed by atoms with Crippen LogP contribution in [-0.4, -0.2) is 15.0 Å². The van der Waals surface area contributed by atoms with E-state index in [0.717, 1.165) is 11.3 Å². The Kier molecular flexibility index (Phi) is 5.17. The highest BCUT2D eigenvalue weighted by Crippen LogP contribution is 2.07. The Labute approximate surface area is 106 Å². The molecule has 4 heteroatoms. The van der Waals surface area contributed by atoms with Crippen LogP contribution in [0.1, 0.15) is 5.82 Å². The SMILES string of the molecule is Cc1ncc[nH]1.Cl.c1ccc2ncccc2c1. The lowest BCUT2D eigenvalue weighted by Gasteiger charge is -1.91. The number of aromatic amines is 1. The van der Waals surface area contributed by atoms with Gasteiger partial charge < -0.3 is 4.98 Å². The van der Waals surface area contributed by atoms with Gasteiger partial charge in [0.1, 0.15) is 5.82 Å². The molecule has 0 amide bonds. The molecule has 17 heavy (non-hydrogen) atoms. The lowest BCUT2D eigenvalue weighted by molar-refractivity contribution is 1.15. The highest BCUT2D eigenvalue weighted by atomic mass is 35.5. The van der Waals surface area contributed by atoms with Crippen LogP contribution < -0.4 is 0 Å². The molecular weight excluding hydrogens is 234 g/mol. The fourth-order valence-corrected chi connectivity index (χ4v) is 1.36. The van der Waals surface area contributed by atoms with Crippen molar-refractivity contribution in [3.8, 4) is 0 Å². The third kappa shape index (κ3) is 3.89. The van der Waals surface area contributed by atoms with Crippen molar-refractivity contribution in [2.45, 2.75) is 6.92 Å². The second-order valence-corrected chi connectivity index (χ2v) is 3.37. The first kappa shape index (κ1) is 13.2. The minimum absolute atomic E-state index is 0. The zero-order valence-corrected chi connectivity index (χ0v) is 10.3. The summed E-state index contributed by atoms with van der Waals surface area (Å²) in [5.41, 5.74) is 1.06. The predicted molar refractivity (Wildman–Crippen MR) is 72.3 cm³/mol. The summed E-state index contributed by atoms with van der Waals surface area (Å²) in [6, 6.07) is 12.1. The molecule has 2 heterocycles. The van der Waals surface area contributed by atoms with Gasteiger partial charge in [0.25, 0.3) is 0 Å². The summed E-state index contributed by atoms with van der Waals surface area (Å²) in [5, 5.41) is 1.20. The summed E-state index contributed by atoms with van der Waals surface area (Å²) >= 11 is 0. The van der Waals surface area contributed by atoms with Gasteiger partial charge in [-0.25, -0.2) is 4.98 Å². The first-order valence-corrected chi connectivity index (χ1v) is 5.12. The lowest BCUT2D eigenvalue weighted by atomic mass is 10.2. The van der Waals surface area contributed by atoms with Crippen molar-refractivity contribution in [1.29, 1.82) is 0 Å². The fraction of sp³-hybridized carbons (Fsp3) is 0.0769. The lowest BCUT2D eigenvalue weighted by Crippen LogP contribution is -1.73. The van der Waals surface area contributed by atoms with Gasteiger partial charge in [0.2, 0.25) is 0 Å². The van der Waals surface area contributed by atoms with Crippen LogP contribution in [-0.2, 0) is 0 Å². The van der Waals surface area contributed by atoms with E-state index in [-0.39, 0.29) is 12.4 Å². The van der Waals surface area contributed by atoms with E-state index in [4.69, 9.17) is 0 Å². The number of nitrogens with zero attached hydrogens (tertiary/aromatic N) is 2. The molecule has 0 aliphatic heterocycles. The Morgan fingerprint density at radius 2 is 1.71 bits per heavy atom. The number of halogens is 1. The maximum atomic E-state index is 4.18. The number of H-pyrrole nitrogens is 1. The number of para-hydroxylation sites is 1. The first-order valence-electron chi connectivity index (χ1n) is 5.12. The van der Waals surface area contributed by atoms with E-state index >= 15 is 0 Å². The van der Waals surface area contributed by atoms with E-state index in [9.17, 15) is 0 Å². The van der Waals surface area contributed by atoms with Crippen LogP contribution in [0.3, 0.4) is 0 Å². The normalized spacial score (nSPS) is 9.00.